The van der Waals surface area contributed by atoms with Gasteiger partial charge in [0.1, 0.15) is 19.6 Å². The third-order valence-corrected chi connectivity index (χ3v) is 12.3. The molecule has 2 aliphatic rings. The van der Waals surface area contributed by atoms with Gasteiger partial charge in [-0.3, -0.25) is 0 Å². The smallest absolute Gasteiger partial charge is 0.111 e. The molecule has 3 nitrogen and oxygen atoms in total. The molecule has 21 heavy (non-hydrogen) atoms. The molecule has 0 aliphatic heterocycles. The Balaban J connectivity index is 2.12. The summed E-state index contributed by atoms with van der Waals surface area (Å²) in [5.74, 6) is 1.46. The van der Waals surface area contributed by atoms with Crippen LogP contribution in [0.4, 0.5) is 0 Å². The zero-order valence-corrected chi connectivity index (χ0v) is 16.1. The first kappa shape index (κ1) is 17.9. The molecule has 0 spiro atoms. The number of aliphatic hydroxyl groups is 2. The third-order valence-electron chi connectivity index (χ3n) is 5.81. The van der Waals surface area contributed by atoms with E-state index in [1.165, 1.54) is 0 Å². The second-order valence-corrected chi connectivity index (χ2v) is 13.7. The molecule has 0 aromatic rings. The molecule has 2 rings (SSSR count). The third kappa shape index (κ3) is 2.88. The molecule has 0 aromatic heterocycles. The summed E-state index contributed by atoms with van der Waals surface area (Å²) in [6, 6.07) is 0. The Bertz CT molecular complexity index is 478. The maximum atomic E-state index is 10.6. The van der Waals surface area contributed by atoms with Gasteiger partial charge in [-0.15, -0.1) is 20.1 Å². The van der Waals surface area contributed by atoms with Crippen LogP contribution in [0.2, 0.25) is 5.82 Å². The maximum Gasteiger partial charge on any atom is 0.111 e. The van der Waals surface area contributed by atoms with Crippen molar-refractivity contribution in [3.63, 3.8) is 0 Å². The van der Waals surface area contributed by atoms with E-state index in [1.54, 1.807) is 6.92 Å². The summed E-state index contributed by atoms with van der Waals surface area (Å²) in [7, 11) is 0.527. The number of aliphatic hydroxyl groups excluding tert-OH is 1. The molecule has 0 heterocycles. The highest BCUT2D eigenvalue weighted by atomic mass is 31.2. The minimum Gasteiger partial charge on any atom is -0.388 e. The van der Waals surface area contributed by atoms with E-state index in [0.29, 0.717) is 0 Å². The van der Waals surface area contributed by atoms with Crippen LogP contribution in [0.1, 0.15) is 34.1 Å². The van der Waals surface area contributed by atoms with E-state index in [9.17, 15) is 10.2 Å². The Morgan fingerprint density at radius 1 is 1.43 bits per heavy atom. The molecule has 122 valence electrons. The van der Waals surface area contributed by atoms with Crippen LogP contribution in [-0.4, -0.2) is 65.4 Å². The highest BCUT2D eigenvalue weighted by Crippen LogP contribution is 2.68. The van der Waals surface area contributed by atoms with Gasteiger partial charge >= 0.3 is 0 Å². The van der Waals surface area contributed by atoms with Gasteiger partial charge in [0.25, 0.3) is 0 Å². The fourth-order valence-electron chi connectivity index (χ4n) is 3.71. The standard InChI is InChI=1S/C15H31BO3P2/c1-7-20(5)9-21(6)13(2,3)19-15-8-10(15)11(16)14(4,18)12(15)17/h10-12,17-18,20-21H,5-9,16H2,1-4H3/t10-,11-,12+,14+,15+/m1/s1. The van der Waals surface area contributed by atoms with Crippen LogP contribution in [0.5, 0.6) is 0 Å². The topological polar surface area (TPSA) is 49.7 Å². The van der Waals surface area contributed by atoms with Crippen LogP contribution in [-0.2, 0) is 4.74 Å². The first-order chi connectivity index (χ1) is 9.49. The van der Waals surface area contributed by atoms with Crippen LogP contribution in [0, 0.1) is 5.92 Å². The predicted octanol–water partition coefficient (Wildman–Crippen LogP) is 1.31. The summed E-state index contributed by atoms with van der Waals surface area (Å²) in [6.45, 7) is 8.14. The SMILES string of the molecule is B[C@@H]1[C@H]2C[C@@]2(OC(C)(C)[PH](=C)C[PH](=C)CC)[C@@H](O)[C@@]1(C)O. The van der Waals surface area contributed by atoms with Gasteiger partial charge < -0.3 is 14.9 Å². The lowest BCUT2D eigenvalue weighted by Crippen LogP contribution is -2.48. The average molecular weight is 332 g/mol. The Labute approximate surface area is 131 Å². The van der Waals surface area contributed by atoms with Crippen molar-refractivity contribution in [2.75, 3.05) is 12.1 Å². The first-order valence-electron chi connectivity index (χ1n) is 7.94. The van der Waals surface area contributed by atoms with Crippen molar-refractivity contribution in [1.82, 2.24) is 0 Å². The van der Waals surface area contributed by atoms with E-state index in [2.05, 4.69) is 33.4 Å². The van der Waals surface area contributed by atoms with Gasteiger partial charge in [-0.05, 0) is 51.0 Å². The molecule has 2 fully saturated rings. The Morgan fingerprint density at radius 3 is 2.43 bits per heavy atom. The number of rotatable bonds is 6. The van der Waals surface area contributed by atoms with Gasteiger partial charge in [0.15, 0.2) is 0 Å². The van der Waals surface area contributed by atoms with Gasteiger partial charge in [-0.25, -0.2) is 0 Å². The monoisotopic (exact) mass is 332 g/mol. The largest absolute Gasteiger partial charge is 0.388 e. The fourth-order valence-corrected chi connectivity index (χ4v) is 9.16. The summed E-state index contributed by atoms with van der Waals surface area (Å²) in [6.07, 6.45) is 9.87. The van der Waals surface area contributed by atoms with Crippen LogP contribution in [0.3, 0.4) is 0 Å². The van der Waals surface area contributed by atoms with E-state index in [0.717, 1.165) is 18.5 Å². The minimum atomic E-state index is -1.04. The number of hydrogen-bond acceptors (Lipinski definition) is 3. The molecule has 0 bridgehead atoms. The molecule has 0 aromatic carbocycles. The maximum absolute atomic E-state index is 10.6. The molecule has 2 unspecified atom stereocenters. The number of ether oxygens (including phenoxy) is 1. The second kappa shape index (κ2) is 5.57. The predicted molar refractivity (Wildman–Crippen MR) is 101 cm³/mol. The zero-order chi connectivity index (χ0) is 16.2. The fraction of sp³-hybridized carbons (Fsp3) is 0.867. The van der Waals surface area contributed by atoms with Gasteiger partial charge in [0, 0.05) is 0 Å². The van der Waals surface area contributed by atoms with Gasteiger partial charge in [-0.1, -0.05) is 14.5 Å². The zero-order valence-electron chi connectivity index (χ0n) is 14.1. The molecule has 2 N–H and O–H groups in total. The Hall–Kier alpha value is 0.545. The summed E-state index contributed by atoms with van der Waals surface area (Å²) < 4.78 is 6.45. The summed E-state index contributed by atoms with van der Waals surface area (Å²) in [5.41, 5.74) is -1.59. The number of hydrogen-bond donors (Lipinski definition) is 2. The van der Waals surface area contributed by atoms with Gasteiger partial charge in [0.2, 0.25) is 0 Å². The molecule has 7 atom stereocenters. The van der Waals surface area contributed by atoms with Crippen molar-refractivity contribution < 1.29 is 14.9 Å². The van der Waals surface area contributed by atoms with E-state index < -0.39 is 32.4 Å². The Morgan fingerprint density at radius 2 is 2.00 bits per heavy atom. The summed E-state index contributed by atoms with van der Waals surface area (Å²) in [4.78, 5) is 0. The van der Waals surface area contributed by atoms with Crippen LogP contribution in [0.15, 0.2) is 0 Å². The summed E-state index contributed by atoms with van der Waals surface area (Å²) >= 11 is 0. The highest BCUT2D eigenvalue weighted by molar-refractivity contribution is 7.73. The average Bonchev–Trinajstić information content (AvgIpc) is 3.07. The molecule has 2 aliphatic carbocycles. The van der Waals surface area contributed by atoms with E-state index in [4.69, 9.17) is 4.74 Å². The molecule has 0 radical (unpaired) electrons. The summed E-state index contributed by atoms with van der Waals surface area (Å²) in [5, 5.41) is 20.7. The highest BCUT2D eigenvalue weighted by Gasteiger charge is 2.75. The van der Waals surface area contributed by atoms with Crippen molar-refractivity contribution in [3.05, 3.63) is 0 Å². The second-order valence-electron chi connectivity index (χ2n) is 7.68. The number of fused-ring (bicyclic) bond motifs is 1. The van der Waals surface area contributed by atoms with E-state index >= 15 is 0 Å². The Kier molecular flexibility index (Phi) is 4.74. The minimum absolute atomic E-state index is 0.0758. The first-order valence-corrected chi connectivity index (χ1v) is 12.0. The molecular formula is C15H31BO3P2. The van der Waals surface area contributed by atoms with Crippen molar-refractivity contribution in [2.45, 2.75) is 62.6 Å². The lowest BCUT2D eigenvalue weighted by molar-refractivity contribution is -0.144. The van der Waals surface area contributed by atoms with Crippen LogP contribution >= 0.6 is 15.1 Å². The van der Waals surface area contributed by atoms with Crippen molar-refractivity contribution >= 4 is 35.5 Å². The van der Waals surface area contributed by atoms with Crippen molar-refractivity contribution in [2.24, 2.45) is 5.92 Å². The van der Waals surface area contributed by atoms with Crippen LogP contribution < -0.4 is 0 Å². The molecule has 0 amide bonds. The quantitative estimate of drug-likeness (QED) is 0.570. The van der Waals surface area contributed by atoms with E-state index in [1.807, 2.05) is 7.85 Å². The van der Waals surface area contributed by atoms with E-state index in [-0.39, 0.29) is 17.1 Å². The molecular weight excluding hydrogens is 301 g/mol. The van der Waals surface area contributed by atoms with Gasteiger partial charge in [0.05, 0.1) is 10.9 Å². The lowest BCUT2D eigenvalue weighted by Gasteiger charge is -2.38. The molecule has 6 heteroatoms. The van der Waals surface area contributed by atoms with Crippen molar-refractivity contribution in [1.29, 1.82) is 0 Å². The molecule has 2 saturated carbocycles. The van der Waals surface area contributed by atoms with Crippen molar-refractivity contribution in [3.8, 4) is 0 Å². The molecule has 0 saturated heterocycles. The van der Waals surface area contributed by atoms with Crippen LogP contribution in [0.25, 0.3) is 0 Å². The van der Waals surface area contributed by atoms with Gasteiger partial charge in [-0.2, -0.15) is 0 Å². The normalized spacial score (nSPS) is 45.1. The lowest BCUT2D eigenvalue weighted by atomic mass is 9.73.